The van der Waals surface area contributed by atoms with Gasteiger partial charge in [-0.2, -0.15) is 0 Å². The molecule has 4 rings (SSSR count). The molecule has 0 amide bonds. The van der Waals surface area contributed by atoms with Crippen molar-refractivity contribution in [1.82, 2.24) is 4.98 Å². The number of rotatable bonds is 2. The number of hydrogen-bond acceptors (Lipinski definition) is 3. The summed E-state index contributed by atoms with van der Waals surface area (Å²) in [6.45, 7) is 1.96. The standard InChI is InChI=1S/C21H16N2O/c1-14-9-10-16-6-4-8-19(21(16)23-14)22-13-18-17-7-3-2-5-15(17)11-12-20(18)24/h2-13,24H,1H3/p-1. The Bertz CT molecular complexity index is 1080. The normalized spacial score (nSPS) is 11.5. The molecule has 0 unspecified atom stereocenters. The van der Waals surface area contributed by atoms with Gasteiger partial charge in [-0.3, -0.25) is 9.98 Å². The Morgan fingerprint density at radius 2 is 1.67 bits per heavy atom. The first-order valence-electron chi connectivity index (χ1n) is 7.81. The van der Waals surface area contributed by atoms with Crippen LogP contribution in [-0.4, -0.2) is 11.2 Å². The summed E-state index contributed by atoms with van der Waals surface area (Å²) in [6.07, 6.45) is 1.66. The first kappa shape index (κ1) is 14.4. The second-order valence-electron chi connectivity index (χ2n) is 5.76. The quantitative estimate of drug-likeness (QED) is 0.511. The molecule has 0 aliphatic rings. The lowest BCUT2D eigenvalue weighted by atomic mass is 10.0. The summed E-state index contributed by atoms with van der Waals surface area (Å²) in [4.78, 5) is 9.15. The van der Waals surface area contributed by atoms with Crippen LogP contribution in [0.15, 0.2) is 71.7 Å². The lowest BCUT2D eigenvalue weighted by Gasteiger charge is -2.13. The minimum atomic E-state index is -0.0261. The van der Waals surface area contributed by atoms with E-state index in [2.05, 4.69) is 9.98 Å². The van der Waals surface area contributed by atoms with E-state index in [-0.39, 0.29) is 5.75 Å². The average molecular weight is 311 g/mol. The van der Waals surface area contributed by atoms with Crippen LogP contribution in [0.3, 0.4) is 0 Å². The van der Waals surface area contributed by atoms with Crippen LogP contribution in [0.5, 0.6) is 5.75 Å². The lowest BCUT2D eigenvalue weighted by Crippen LogP contribution is -1.97. The fraction of sp³-hybridized carbons (Fsp3) is 0.0476. The maximum Gasteiger partial charge on any atom is 0.0961 e. The van der Waals surface area contributed by atoms with Gasteiger partial charge in [0, 0.05) is 17.3 Å². The van der Waals surface area contributed by atoms with Gasteiger partial charge in [0.1, 0.15) is 0 Å². The van der Waals surface area contributed by atoms with Crippen LogP contribution in [0.2, 0.25) is 0 Å². The zero-order valence-corrected chi connectivity index (χ0v) is 13.2. The fourth-order valence-electron chi connectivity index (χ4n) is 2.88. The van der Waals surface area contributed by atoms with Gasteiger partial charge in [-0.25, -0.2) is 0 Å². The Kier molecular flexibility index (Phi) is 3.47. The predicted molar refractivity (Wildman–Crippen MR) is 97.1 cm³/mol. The largest absolute Gasteiger partial charge is 0.872 e. The number of aliphatic imine (C=N–C) groups is 1. The van der Waals surface area contributed by atoms with E-state index in [4.69, 9.17) is 0 Å². The van der Waals surface area contributed by atoms with Gasteiger partial charge < -0.3 is 5.11 Å². The molecule has 4 aromatic rings. The van der Waals surface area contributed by atoms with Gasteiger partial charge in [0.05, 0.1) is 11.2 Å². The highest BCUT2D eigenvalue weighted by molar-refractivity contribution is 6.03. The minimum Gasteiger partial charge on any atom is -0.872 e. The summed E-state index contributed by atoms with van der Waals surface area (Å²) < 4.78 is 0. The summed E-state index contributed by atoms with van der Waals surface area (Å²) in [7, 11) is 0. The molecule has 116 valence electrons. The Hall–Kier alpha value is -3.20. The van der Waals surface area contributed by atoms with Crippen LogP contribution >= 0.6 is 0 Å². The molecule has 3 heteroatoms. The van der Waals surface area contributed by atoms with Gasteiger partial charge >= 0.3 is 0 Å². The van der Waals surface area contributed by atoms with Crippen molar-refractivity contribution in [2.75, 3.05) is 0 Å². The van der Waals surface area contributed by atoms with Gasteiger partial charge in [0.15, 0.2) is 0 Å². The minimum absolute atomic E-state index is 0.0261. The second-order valence-corrected chi connectivity index (χ2v) is 5.76. The highest BCUT2D eigenvalue weighted by Crippen LogP contribution is 2.27. The van der Waals surface area contributed by atoms with E-state index in [1.54, 1.807) is 12.3 Å². The molecule has 0 atom stereocenters. The van der Waals surface area contributed by atoms with Crippen molar-refractivity contribution in [2.24, 2.45) is 4.99 Å². The van der Waals surface area contributed by atoms with Crippen LogP contribution in [0.1, 0.15) is 11.3 Å². The molecule has 3 aromatic carbocycles. The molecule has 0 aliphatic heterocycles. The average Bonchev–Trinajstić information content (AvgIpc) is 2.61. The number of benzene rings is 3. The smallest absolute Gasteiger partial charge is 0.0961 e. The van der Waals surface area contributed by atoms with E-state index in [0.717, 1.165) is 33.1 Å². The zero-order valence-electron chi connectivity index (χ0n) is 13.2. The number of para-hydroxylation sites is 1. The molecule has 0 bridgehead atoms. The molecule has 1 aromatic heterocycles. The molecule has 0 fully saturated rings. The van der Waals surface area contributed by atoms with Crippen molar-refractivity contribution in [3.05, 3.63) is 78.0 Å². The predicted octanol–water partition coefficient (Wildman–Crippen LogP) is 4.52. The van der Waals surface area contributed by atoms with Crippen molar-refractivity contribution in [1.29, 1.82) is 0 Å². The molecule has 0 saturated heterocycles. The third-order valence-corrected chi connectivity index (χ3v) is 4.10. The van der Waals surface area contributed by atoms with Gasteiger partial charge in [-0.15, -0.1) is 0 Å². The first-order chi connectivity index (χ1) is 11.7. The number of pyridine rings is 1. The molecule has 0 aliphatic carbocycles. The molecule has 3 nitrogen and oxygen atoms in total. The zero-order chi connectivity index (χ0) is 16.5. The Labute approximate surface area is 139 Å². The van der Waals surface area contributed by atoms with Crippen molar-refractivity contribution >= 4 is 33.6 Å². The van der Waals surface area contributed by atoms with Crippen molar-refractivity contribution in [2.45, 2.75) is 6.92 Å². The monoisotopic (exact) mass is 311 g/mol. The van der Waals surface area contributed by atoms with Gasteiger partial charge in [-0.1, -0.05) is 60.3 Å². The number of fused-ring (bicyclic) bond motifs is 2. The summed E-state index contributed by atoms with van der Waals surface area (Å²) in [5, 5.41) is 15.3. The lowest BCUT2D eigenvalue weighted by molar-refractivity contribution is -0.268. The SMILES string of the molecule is Cc1ccc2cccc(N=Cc3c([O-])ccc4ccccc34)c2n1. The molecule has 0 spiro atoms. The Morgan fingerprint density at radius 3 is 2.58 bits per heavy atom. The number of aryl methyl sites for hydroxylation is 1. The highest BCUT2D eigenvalue weighted by atomic mass is 16.3. The topological polar surface area (TPSA) is 48.3 Å². The molecule has 0 radical (unpaired) electrons. The molecular formula is C21H15N2O-. The highest BCUT2D eigenvalue weighted by Gasteiger charge is 2.03. The van der Waals surface area contributed by atoms with E-state index < -0.39 is 0 Å². The number of aromatic nitrogens is 1. The van der Waals surface area contributed by atoms with Gasteiger partial charge in [0.25, 0.3) is 0 Å². The number of hydrogen-bond donors (Lipinski definition) is 0. The summed E-state index contributed by atoms with van der Waals surface area (Å²) in [5.74, 6) is -0.0261. The van der Waals surface area contributed by atoms with E-state index in [1.165, 1.54) is 0 Å². The maximum absolute atomic E-state index is 12.3. The summed E-state index contributed by atoms with van der Waals surface area (Å²) in [5.41, 5.74) is 3.17. The van der Waals surface area contributed by atoms with E-state index in [0.29, 0.717) is 5.56 Å². The van der Waals surface area contributed by atoms with Crippen LogP contribution in [-0.2, 0) is 0 Å². The Balaban J connectivity index is 1.87. The van der Waals surface area contributed by atoms with Crippen LogP contribution in [0.4, 0.5) is 5.69 Å². The molecule has 1 heterocycles. The van der Waals surface area contributed by atoms with Crippen molar-refractivity contribution in [3.8, 4) is 5.75 Å². The third kappa shape index (κ3) is 2.50. The maximum atomic E-state index is 12.3. The second kappa shape index (κ2) is 5.78. The van der Waals surface area contributed by atoms with Crippen molar-refractivity contribution < 1.29 is 5.11 Å². The number of nitrogens with zero attached hydrogens (tertiary/aromatic N) is 2. The first-order valence-corrected chi connectivity index (χ1v) is 7.81. The summed E-state index contributed by atoms with van der Waals surface area (Å²) >= 11 is 0. The van der Waals surface area contributed by atoms with Gasteiger partial charge in [-0.05, 0) is 35.4 Å². The van der Waals surface area contributed by atoms with Crippen LogP contribution in [0.25, 0.3) is 21.7 Å². The molecule has 24 heavy (non-hydrogen) atoms. The molecule has 0 N–H and O–H groups in total. The Morgan fingerprint density at radius 1 is 0.875 bits per heavy atom. The fourth-order valence-corrected chi connectivity index (χ4v) is 2.88. The molecular weight excluding hydrogens is 296 g/mol. The summed E-state index contributed by atoms with van der Waals surface area (Å²) in [6, 6.07) is 21.2. The molecule has 0 saturated carbocycles. The van der Waals surface area contributed by atoms with Crippen LogP contribution in [0, 0.1) is 6.92 Å². The van der Waals surface area contributed by atoms with Gasteiger partial charge in [0.2, 0.25) is 0 Å². The van der Waals surface area contributed by atoms with E-state index >= 15 is 0 Å². The van der Waals surface area contributed by atoms with E-state index in [9.17, 15) is 5.11 Å². The third-order valence-electron chi connectivity index (χ3n) is 4.10. The van der Waals surface area contributed by atoms with E-state index in [1.807, 2.05) is 67.6 Å². The van der Waals surface area contributed by atoms with Crippen LogP contribution < -0.4 is 5.11 Å². The van der Waals surface area contributed by atoms with Crippen molar-refractivity contribution in [3.63, 3.8) is 0 Å².